The number of hydrogen-bond donors (Lipinski definition) is 2. The minimum Gasteiger partial charge on any atom is -0.399 e. The van der Waals surface area contributed by atoms with E-state index in [1.54, 1.807) is 0 Å². The van der Waals surface area contributed by atoms with Gasteiger partial charge in [0.15, 0.2) is 0 Å². The van der Waals surface area contributed by atoms with Gasteiger partial charge in [0.2, 0.25) is 0 Å². The summed E-state index contributed by atoms with van der Waals surface area (Å²) < 4.78 is 53.7. The van der Waals surface area contributed by atoms with Gasteiger partial charge in [-0.05, 0) is 36.4 Å². The molecule has 20 heavy (non-hydrogen) atoms. The van der Waals surface area contributed by atoms with Crippen LogP contribution in [0.2, 0.25) is 0 Å². The molecule has 3 N–H and O–H groups in total. The number of nitrogens with two attached hydrogens (primary N) is 1. The zero-order valence-electron chi connectivity index (χ0n) is 9.90. The Kier molecular flexibility index (Phi) is 3.96. The van der Waals surface area contributed by atoms with E-state index in [0.29, 0.717) is 4.47 Å². The van der Waals surface area contributed by atoms with Crippen LogP contribution in [-0.4, -0.2) is 8.42 Å². The highest BCUT2D eigenvalue weighted by molar-refractivity contribution is 9.10. The van der Waals surface area contributed by atoms with Gasteiger partial charge >= 0.3 is 0 Å². The molecule has 0 spiro atoms. The second kappa shape index (κ2) is 5.37. The highest BCUT2D eigenvalue weighted by atomic mass is 79.9. The Morgan fingerprint density at radius 3 is 2.40 bits per heavy atom. The molecule has 0 fully saturated rings. The molecule has 4 nitrogen and oxygen atoms in total. The van der Waals surface area contributed by atoms with Crippen LogP contribution in [0.15, 0.2) is 45.8 Å². The number of rotatable bonds is 3. The highest BCUT2D eigenvalue weighted by Gasteiger charge is 2.21. The van der Waals surface area contributed by atoms with Crippen molar-refractivity contribution in [3.8, 4) is 0 Å². The molecule has 0 atom stereocenters. The first-order valence-corrected chi connectivity index (χ1v) is 7.60. The van der Waals surface area contributed by atoms with Crippen LogP contribution in [0.1, 0.15) is 0 Å². The molecule has 0 radical (unpaired) electrons. The molecule has 0 aliphatic carbocycles. The largest absolute Gasteiger partial charge is 0.399 e. The number of nitrogen functional groups attached to an aromatic ring is 1. The summed E-state index contributed by atoms with van der Waals surface area (Å²) in [6.07, 6.45) is 0. The molecule has 0 aromatic heterocycles. The Hall–Kier alpha value is -1.67. The lowest BCUT2D eigenvalue weighted by Gasteiger charge is -2.10. The smallest absolute Gasteiger partial charge is 0.264 e. The maximum absolute atomic E-state index is 13.6. The fourth-order valence-electron chi connectivity index (χ4n) is 1.50. The molecule has 0 aliphatic rings. The standard InChI is InChI=1S/C12H9BrF2N2O2S/c13-7-1-3-9(14)11(5-7)17-20(18,19)12-6-8(16)2-4-10(12)15/h1-6,17H,16H2. The molecule has 8 heteroatoms. The maximum atomic E-state index is 13.6. The Morgan fingerprint density at radius 2 is 1.70 bits per heavy atom. The molecule has 2 rings (SSSR count). The van der Waals surface area contributed by atoms with Crippen LogP contribution in [0.25, 0.3) is 0 Å². The lowest BCUT2D eigenvalue weighted by molar-refractivity contribution is 0.569. The van der Waals surface area contributed by atoms with E-state index in [0.717, 1.165) is 18.2 Å². The third-order valence-corrected chi connectivity index (χ3v) is 4.29. The van der Waals surface area contributed by atoms with Gasteiger partial charge in [-0.1, -0.05) is 15.9 Å². The van der Waals surface area contributed by atoms with E-state index in [2.05, 4.69) is 15.9 Å². The molecule has 0 heterocycles. The predicted octanol–water partition coefficient (Wildman–Crippen LogP) is 3.11. The average Bonchev–Trinajstić information content (AvgIpc) is 2.36. The first-order valence-electron chi connectivity index (χ1n) is 5.32. The van der Waals surface area contributed by atoms with Gasteiger partial charge in [-0.2, -0.15) is 0 Å². The minimum absolute atomic E-state index is 0.0847. The summed E-state index contributed by atoms with van der Waals surface area (Å²) >= 11 is 3.09. The lowest BCUT2D eigenvalue weighted by atomic mass is 10.3. The van der Waals surface area contributed by atoms with Gasteiger partial charge in [0, 0.05) is 10.2 Å². The number of sulfonamides is 1. The number of anilines is 2. The summed E-state index contributed by atoms with van der Waals surface area (Å²) in [5, 5.41) is 0. The SMILES string of the molecule is Nc1ccc(F)c(S(=O)(=O)Nc2cc(Br)ccc2F)c1. The molecule has 0 bridgehead atoms. The third kappa shape index (κ3) is 3.07. The lowest BCUT2D eigenvalue weighted by Crippen LogP contribution is -2.15. The van der Waals surface area contributed by atoms with Crippen LogP contribution >= 0.6 is 15.9 Å². The second-order valence-electron chi connectivity index (χ2n) is 3.92. The fraction of sp³-hybridized carbons (Fsp3) is 0. The topological polar surface area (TPSA) is 72.2 Å². The fourth-order valence-corrected chi connectivity index (χ4v) is 3.03. The van der Waals surface area contributed by atoms with E-state index in [1.165, 1.54) is 18.2 Å². The Labute approximate surface area is 122 Å². The molecule has 0 aliphatic heterocycles. The van der Waals surface area contributed by atoms with E-state index < -0.39 is 26.6 Å². The summed E-state index contributed by atoms with van der Waals surface area (Å²) in [7, 11) is -4.27. The number of hydrogen-bond acceptors (Lipinski definition) is 3. The van der Waals surface area contributed by atoms with Crippen LogP contribution in [0.5, 0.6) is 0 Å². The summed E-state index contributed by atoms with van der Waals surface area (Å²) in [5.41, 5.74) is 5.23. The normalized spacial score (nSPS) is 11.3. The summed E-state index contributed by atoms with van der Waals surface area (Å²) in [6, 6.07) is 6.85. The van der Waals surface area contributed by atoms with Gasteiger partial charge in [0.25, 0.3) is 10.0 Å². The van der Waals surface area contributed by atoms with Gasteiger partial charge in [0.1, 0.15) is 16.5 Å². The quantitative estimate of drug-likeness (QED) is 0.824. The molecular formula is C12H9BrF2N2O2S. The van der Waals surface area contributed by atoms with E-state index in [4.69, 9.17) is 5.73 Å². The predicted molar refractivity (Wildman–Crippen MR) is 75.7 cm³/mol. The van der Waals surface area contributed by atoms with Gasteiger partial charge in [-0.25, -0.2) is 17.2 Å². The van der Waals surface area contributed by atoms with Crippen LogP contribution in [-0.2, 0) is 10.0 Å². The molecule has 0 amide bonds. The molecule has 2 aromatic carbocycles. The van der Waals surface area contributed by atoms with Crippen LogP contribution in [0.4, 0.5) is 20.2 Å². The minimum atomic E-state index is -4.27. The zero-order valence-corrected chi connectivity index (χ0v) is 12.3. The summed E-state index contributed by atoms with van der Waals surface area (Å²) in [4.78, 5) is -0.642. The monoisotopic (exact) mass is 362 g/mol. The van der Waals surface area contributed by atoms with Crippen molar-refractivity contribution in [1.29, 1.82) is 0 Å². The summed E-state index contributed by atoms with van der Waals surface area (Å²) in [5.74, 6) is -1.75. The van der Waals surface area contributed by atoms with Crippen molar-refractivity contribution in [3.63, 3.8) is 0 Å². The molecule has 2 aromatic rings. The van der Waals surface area contributed by atoms with Gasteiger partial charge in [-0.15, -0.1) is 0 Å². The highest BCUT2D eigenvalue weighted by Crippen LogP contribution is 2.25. The van der Waals surface area contributed by atoms with Crippen molar-refractivity contribution < 1.29 is 17.2 Å². The van der Waals surface area contributed by atoms with E-state index in [1.807, 2.05) is 4.72 Å². The first-order chi connectivity index (χ1) is 9.29. The van der Waals surface area contributed by atoms with Crippen molar-refractivity contribution in [2.45, 2.75) is 4.90 Å². The number of nitrogens with one attached hydrogen (secondary N) is 1. The van der Waals surface area contributed by atoms with Gasteiger partial charge < -0.3 is 5.73 Å². The van der Waals surface area contributed by atoms with Crippen molar-refractivity contribution in [3.05, 3.63) is 52.5 Å². The van der Waals surface area contributed by atoms with Crippen molar-refractivity contribution >= 4 is 37.3 Å². The Balaban J connectivity index is 2.46. The maximum Gasteiger partial charge on any atom is 0.264 e. The first kappa shape index (κ1) is 14.7. The van der Waals surface area contributed by atoms with Crippen LogP contribution in [0, 0.1) is 11.6 Å². The van der Waals surface area contributed by atoms with Gasteiger partial charge in [-0.3, -0.25) is 4.72 Å². The molecule has 0 saturated carbocycles. The van der Waals surface area contributed by atoms with Gasteiger partial charge in [0.05, 0.1) is 5.69 Å². The van der Waals surface area contributed by atoms with E-state index in [-0.39, 0.29) is 11.4 Å². The van der Waals surface area contributed by atoms with E-state index >= 15 is 0 Å². The average molecular weight is 363 g/mol. The molecule has 106 valence electrons. The van der Waals surface area contributed by atoms with Crippen molar-refractivity contribution in [2.75, 3.05) is 10.5 Å². The Bertz CT molecular complexity index is 766. The number of benzene rings is 2. The molecule has 0 saturated heterocycles. The second-order valence-corrected chi connectivity index (χ2v) is 6.49. The molecule has 0 unspecified atom stereocenters. The molecular weight excluding hydrogens is 354 g/mol. The van der Waals surface area contributed by atoms with E-state index in [9.17, 15) is 17.2 Å². The number of halogens is 3. The Morgan fingerprint density at radius 1 is 1.05 bits per heavy atom. The van der Waals surface area contributed by atoms with Crippen LogP contribution in [0.3, 0.4) is 0 Å². The zero-order chi connectivity index (χ0) is 14.9. The van der Waals surface area contributed by atoms with Crippen molar-refractivity contribution in [1.82, 2.24) is 0 Å². The summed E-state index contributed by atoms with van der Waals surface area (Å²) in [6.45, 7) is 0. The van der Waals surface area contributed by atoms with Crippen LogP contribution < -0.4 is 10.5 Å². The third-order valence-electron chi connectivity index (χ3n) is 2.42. The van der Waals surface area contributed by atoms with Crippen molar-refractivity contribution in [2.24, 2.45) is 0 Å².